The molecule has 52 valence electrons. The lowest BCUT2D eigenvalue weighted by Gasteiger charge is -2.12. The Balaban J connectivity index is 1.90. The van der Waals surface area contributed by atoms with Crippen LogP contribution in [0.4, 0.5) is 0 Å². The predicted octanol–water partition coefficient (Wildman–Crippen LogP) is 1.29. The van der Waals surface area contributed by atoms with Gasteiger partial charge in [-0.2, -0.15) is 5.06 Å². The first-order valence-electron chi connectivity index (χ1n) is 3.36. The van der Waals surface area contributed by atoms with Gasteiger partial charge in [-0.1, -0.05) is 13.8 Å². The summed E-state index contributed by atoms with van der Waals surface area (Å²) >= 11 is 1.95. The van der Waals surface area contributed by atoms with Crippen LogP contribution < -0.4 is 0 Å². The van der Waals surface area contributed by atoms with Crippen molar-refractivity contribution < 1.29 is 4.84 Å². The van der Waals surface area contributed by atoms with E-state index in [1.165, 1.54) is 0 Å². The highest BCUT2D eigenvalue weighted by molar-refractivity contribution is 8.00. The third kappa shape index (κ3) is 0.974. The minimum atomic E-state index is 0.434. The summed E-state index contributed by atoms with van der Waals surface area (Å²) in [7, 11) is 0. The quantitative estimate of drug-likeness (QED) is 0.516. The molecule has 3 unspecified atom stereocenters. The molecule has 0 bridgehead atoms. The van der Waals surface area contributed by atoms with Gasteiger partial charge in [-0.15, -0.1) is 11.8 Å². The van der Waals surface area contributed by atoms with Crippen LogP contribution in [0.15, 0.2) is 0 Å². The van der Waals surface area contributed by atoms with Crippen LogP contribution >= 0.6 is 11.8 Å². The Bertz CT molecular complexity index is 118. The van der Waals surface area contributed by atoms with E-state index >= 15 is 0 Å². The number of nitrogens with zero attached hydrogens (tertiary/aromatic N) is 1. The first-order valence-corrected chi connectivity index (χ1v) is 4.30. The number of fused-ring (bicyclic) bond motifs is 1. The number of rotatable bonds is 1. The number of thioether (sulfide) groups is 1. The lowest BCUT2D eigenvalue weighted by Crippen LogP contribution is -2.13. The lowest BCUT2D eigenvalue weighted by atomic mass is 10.2. The highest BCUT2D eigenvalue weighted by Crippen LogP contribution is 2.44. The molecule has 2 heterocycles. The fourth-order valence-corrected chi connectivity index (χ4v) is 2.12. The van der Waals surface area contributed by atoms with E-state index in [1.807, 2.05) is 11.8 Å². The molecule has 0 aromatic rings. The predicted molar refractivity (Wildman–Crippen MR) is 37.8 cm³/mol. The summed E-state index contributed by atoms with van der Waals surface area (Å²) < 4.78 is 0. The molecule has 2 rings (SSSR count). The third-order valence-electron chi connectivity index (χ3n) is 1.60. The van der Waals surface area contributed by atoms with Gasteiger partial charge in [-0.3, -0.25) is 4.84 Å². The van der Waals surface area contributed by atoms with Crippen LogP contribution in [0.25, 0.3) is 0 Å². The minimum Gasteiger partial charge on any atom is -0.283 e. The van der Waals surface area contributed by atoms with Crippen molar-refractivity contribution in [3.63, 3.8) is 0 Å². The SMILES string of the molecule is CC(C)C1ON2CC2S1. The van der Waals surface area contributed by atoms with Crippen LogP contribution in [0.5, 0.6) is 0 Å². The zero-order chi connectivity index (χ0) is 6.43. The summed E-state index contributed by atoms with van der Waals surface area (Å²) in [6, 6.07) is 0. The molecule has 2 aliphatic rings. The maximum atomic E-state index is 5.49. The van der Waals surface area contributed by atoms with E-state index in [4.69, 9.17) is 4.84 Å². The van der Waals surface area contributed by atoms with Crippen LogP contribution in [0.2, 0.25) is 0 Å². The van der Waals surface area contributed by atoms with E-state index in [2.05, 4.69) is 18.9 Å². The minimum absolute atomic E-state index is 0.434. The van der Waals surface area contributed by atoms with Crippen molar-refractivity contribution in [1.82, 2.24) is 5.06 Å². The highest BCUT2D eigenvalue weighted by Gasteiger charge is 2.47. The Labute approximate surface area is 59.5 Å². The largest absolute Gasteiger partial charge is 0.283 e. The van der Waals surface area contributed by atoms with Crippen LogP contribution in [-0.4, -0.2) is 22.4 Å². The lowest BCUT2D eigenvalue weighted by molar-refractivity contribution is -0.0839. The number of hydroxylamine groups is 2. The van der Waals surface area contributed by atoms with E-state index in [0.29, 0.717) is 16.7 Å². The molecule has 0 aliphatic carbocycles. The van der Waals surface area contributed by atoms with Crippen LogP contribution in [0, 0.1) is 5.92 Å². The molecule has 0 aromatic heterocycles. The average molecular weight is 145 g/mol. The van der Waals surface area contributed by atoms with E-state index in [-0.39, 0.29) is 0 Å². The van der Waals surface area contributed by atoms with Crippen molar-refractivity contribution in [2.45, 2.75) is 24.7 Å². The Hall–Kier alpha value is 0.270. The molecular weight excluding hydrogens is 134 g/mol. The summed E-state index contributed by atoms with van der Waals surface area (Å²) in [5.41, 5.74) is 0.434. The smallest absolute Gasteiger partial charge is 0.128 e. The topological polar surface area (TPSA) is 12.2 Å². The molecule has 0 N–H and O–H groups in total. The van der Waals surface area contributed by atoms with Crippen LogP contribution in [0.1, 0.15) is 13.8 Å². The second-order valence-corrected chi connectivity index (χ2v) is 4.19. The maximum absolute atomic E-state index is 5.49. The van der Waals surface area contributed by atoms with E-state index < -0.39 is 0 Å². The highest BCUT2D eigenvalue weighted by atomic mass is 32.2. The van der Waals surface area contributed by atoms with Gasteiger partial charge in [-0.25, -0.2) is 0 Å². The summed E-state index contributed by atoms with van der Waals surface area (Å²) in [6.07, 6.45) is 0. The summed E-state index contributed by atoms with van der Waals surface area (Å²) in [5, 5.41) is 2.76. The molecule has 3 atom stereocenters. The average Bonchev–Trinajstić information content (AvgIpc) is 2.40. The molecule has 0 saturated carbocycles. The monoisotopic (exact) mass is 145 g/mol. The second-order valence-electron chi connectivity index (χ2n) is 2.91. The van der Waals surface area contributed by atoms with Gasteiger partial charge in [0, 0.05) is 0 Å². The van der Waals surface area contributed by atoms with Crippen LogP contribution in [0.3, 0.4) is 0 Å². The Morgan fingerprint density at radius 2 is 2.44 bits per heavy atom. The van der Waals surface area contributed by atoms with Gasteiger partial charge < -0.3 is 0 Å². The van der Waals surface area contributed by atoms with E-state index in [1.54, 1.807) is 0 Å². The van der Waals surface area contributed by atoms with Crippen LogP contribution in [-0.2, 0) is 4.84 Å². The summed E-state index contributed by atoms with van der Waals surface area (Å²) in [4.78, 5) is 5.49. The summed E-state index contributed by atoms with van der Waals surface area (Å²) in [6.45, 7) is 5.54. The van der Waals surface area contributed by atoms with Gasteiger partial charge in [0.25, 0.3) is 0 Å². The molecule has 0 radical (unpaired) electrons. The first-order chi connectivity index (χ1) is 4.27. The fraction of sp³-hybridized carbons (Fsp3) is 1.00. The van der Waals surface area contributed by atoms with Gasteiger partial charge >= 0.3 is 0 Å². The molecular formula is C6H11NOS. The summed E-state index contributed by atoms with van der Waals surface area (Å²) in [5.74, 6) is 0.655. The standard InChI is InChI=1S/C6H11NOS/c1-4(2)6-8-7-3-5(7)9-6/h4-6H,3H2,1-2H3. The van der Waals surface area contributed by atoms with Gasteiger partial charge in [0.2, 0.25) is 0 Å². The number of hydrogen-bond donors (Lipinski definition) is 0. The molecule has 3 heteroatoms. The van der Waals surface area contributed by atoms with Crippen molar-refractivity contribution in [2.24, 2.45) is 5.92 Å². The van der Waals surface area contributed by atoms with Crippen molar-refractivity contribution >= 4 is 11.8 Å². The molecule has 0 amide bonds. The van der Waals surface area contributed by atoms with E-state index in [9.17, 15) is 0 Å². The van der Waals surface area contributed by atoms with Crippen molar-refractivity contribution in [3.05, 3.63) is 0 Å². The van der Waals surface area contributed by atoms with Gasteiger partial charge in [0.05, 0.1) is 11.9 Å². The Morgan fingerprint density at radius 1 is 1.67 bits per heavy atom. The molecule has 2 aliphatic heterocycles. The molecule has 9 heavy (non-hydrogen) atoms. The zero-order valence-electron chi connectivity index (χ0n) is 5.70. The Morgan fingerprint density at radius 3 is 2.78 bits per heavy atom. The number of hydrogen-bond acceptors (Lipinski definition) is 3. The third-order valence-corrected chi connectivity index (χ3v) is 3.20. The molecule has 0 aromatic carbocycles. The Kier molecular flexibility index (Phi) is 1.25. The zero-order valence-corrected chi connectivity index (χ0v) is 6.52. The second kappa shape index (κ2) is 1.87. The molecule has 2 saturated heterocycles. The van der Waals surface area contributed by atoms with E-state index in [0.717, 1.165) is 6.54 Å². The van der Waals surface area contributed by atoms with Crippen molar-refractivity contribution in [2.75, 3.05) is 6.54 Å². The van der Waals surface area contributed by atoms with Gasteiger partial charge in [0.1, 0.15) is 5.44 Å². The molecule has 2 fully saturated rings. The molecule has 2 nitrogen and oxygen atoms in total. The first kappa shape index (κ1) is 6.01. The van der Waals surface area contributed by atoms with Crippen molar-refractivity contribution in [1.29, 1.82) is 0 Å². The maximum Gasteiger partial charge on any atom is 0.128 e. The van der Waals surface area contributed by atoms with Crippen molar-refractivity contribution in [3.8, 4) is 0 Å². The van der Waals surface area contributed by atoms with Gasteiger partial charge in [0.15, 0.2) is 0 Å². The normalized spacial score (nSPS) is 47.7. The molecule has 0 spiro atoms. The van der Waals surface area contributed by atoms with Gasteiger partial charge in [-0.05, 0) is 5.92 Å². The fourth-order valence-electron chi connectivity index (χ4n) is 0.921.